The summed E-state index contributed by atoms with van der Waals surface area (Å²) >= 11 is 1.72. The molecule has 8 nitrogen and oxygen atoms in total. The molecule has 0 bridgehead atoms. The number of ether oxygens (including phenoxy) is 2. The summed E-state index contributed by atoms with van der Waals surface area (Å²) in [6.45, 7) is 8.71. The van der Waals surface area contributed by atoms with Crippen LogP contribution in [0.2, 0.25) is 0 Å². The van der Waals surface area contributed by atoms with Crippen molar-refractivity contribution in [2.45, 2.75) is 111 Å². The summed E-state index contributed by atoms with van der Waals surface area (Å²) in [6.07, 6.45) is 22.3. The lowest BCUT2D eigenvalue weighted by Crippen LogP contribution is -2.22. The zero-order chi connectivity index (χ0) is 30.2. The highest BCUT2D eigenvalue weighted by Gasteiger charge is 2.26. The summed E-state index contributed by atoms with van der Waals surface area (Å²) in [7, 11) is 2.90. The van der Waals surface area contributed by atoms with Crippen LogP contribution < -0.4 is 15.0 Å². The van der Waals surface area contributed by atoms with Crippen molar-refractivity contribution in [2.75, 3.05) is 37.5 Å². The van der Waals surface area contributed by atoms with E-state index in [1.54, 1.807) is 15.9 Å². The van der Waals surface area contributed by atoms with Crippen molar-refractivity contribution >= 4 is 44.8 Å². The minimum Gasteiger partial charge on any atom is -0.481 e. The highest BCUT2D eigenvalue weighted by Crippen LogP contribution is 2.35. The van der Waals surface area contributed by atoms with Gasteiger partial charge in [-0.1, -0.05) is 90.6 Å². The van der Waals surface area contributed by atoms with E-state index in [4.69, 9.17) is 14.5 Å². The smallest absolute Gasteiger partial charge is 0.347 e. The second-order valence-electron chi connectivity index (χ2n) is 10.9. The number of anilines is 3. The number of hydrogen-bond acceptors (Lipinski definition) is 7. The molecule has 0 amide bonds. The molecule has 0 saturated heterocycles. The maximum absolute atomic E-state index is 12.6. The second kappa shape index (κ2) is 18.6. The van der Waals surface area contributed by atoms with Crippen LogP contribution in [0.25, 0.3) is 11.7 Å². The average molecular weight is 600 g/mol. The summed E-state index contributed by atoms with van der Waals surface area (Å²) in [4.78, 5) is 19.9. The molecule has 0 spiro atoms. The number of unbranched alkanes of at least 4 members (excludes halogenated alkanes) is 12. The molecule has 0 aliphatic rings. The number of esters is 1. The van der Waals surface area contributed by atoms with Crippen LogP contribution >= 0.6 is 11.3 Å². The Balaban J connectivity index is 1.67. The number of aromatic nitrogens is 3. The van der Waals surface area contributed by atoms with Crippen LogP contribution in [-0.2, 0) is 4.74 Å². The number of thiophene rings is 1. The van der Waals surface area contributed by atoms with Crippen LogP contribution in [0.15, 0.2) is 18.2 Å². The first-order chi connectivity index (χ1) is 20.6. The number of nitrogens with one attached hydrogen (secondary N) is 2. The van der Waals surface area contributed by atoms with E-state index < -0.39 is 5.97 Å². The Morgan fingerprint density at radius 3 is 2.26 bits per heavy atom. The molecule has 0 fully saturated rings. The molecule has 42 heavy (non-hydrogen) atoms. The topological polar surface area (TPSA) is 83.9 Å². The van der Waals surface area contributed by atoms with Gasteiger partial charge in [0.25, 0.3) is 0 Å². The first-order valence-electron chi connectivity index (χ1n) is 16.1. The van der Waals surface area contributed by atoms with E-state index in [1.165, 1.54) is 103 Å². The number of aromatic amines is 1. The standard InChI is InChI=1S/C33H53N5O3S/c1-6-9-11-12-13-14-15-16-17-18-19-20-21-22-26-30(35-27-23-24-28(42-27)37(8-3)25-10-7-2)38-31(34-26)29(33(39)41-5)32(36-38)40-4/h21-24,35-36H,6-20,25H2,1-5H3. The van der Waals surface area contributed by atoms with Gasteiger partial charge in [0, 0.05) is 13.1 Å². The molecule has 0 aromatic carbocycles. The fourth-order valence-electron chi connectivity index (χ4n) is 5.22. The van der Waals surface area contributed by atoms with E-state index in [-0.39, 0.29) is 5.56 Å². The number of imidazole rings is 1. The molecular weight excluding hydrogens is 546 g/mol. The van der Waals surface area contributed by atoms with Crippen molar-refractivity contribution < 1.29 is 14.3 Å². The lowest BCUT2D eigenvalue weighted by atomic mass is 10.1. The molecule has 9 heteroatoms. The van der Waals surface area contributed by atoms with Gasteiger partial charge in [-0.25, -0.2) is 14.3 Å². The number of nitrogens with zero attached hydrogens (tertiary/aromatic N) is 3. The Bertz CT molecular complexity index is 1230. The fraction of sp³-hybridized carbons (Fsp3) is 0.636. The molecule has 0 aliphatic carbocycles. The molecule has 0 aliphatic heterocycles. The summed E-state index contributed by atoms with van der Waals surface area (Å²) in [5.41, 5.74) is 1.53. The van der Waals surface area contributed by atoms with Gasteiger partial charge >= 0.3 is 5.97 Å². The fourth-order valence-corrected chi connectivity index (χ4v) is 6.21. The highest BCUT2D eigenvalue weighted by molar-refractivity contribution is 7.20. The van der Waals surface area contributed by atoms with Gasteiger partial charge < -0.3 is 19.7 Å². The van der Waals surface area contributed by atoms with Crippen molar-refractivity contribution in [2.24, 2.45) is 0 Å². The third-order valence-electron chi connectivity index (χ3n) is 7.72. The van der Waals surface area contributed by atoms with Crippen LogP contribution in [0.4, 0.5) is 15.8 Å². The van der Waals surface area contributed by atoms with Crippen molar-refractivity contribution in [3.05, 3.63) is 29.5 Å². The zero-order valence-electron chi connectivity index (χ0n) is 26.6. The number of carbonyl (C=O) groups is 1. The normalized spacial score (nSPS) is 11.5. The van der Waals surface area contributed by atoms with E-state index in [0.717, 1.165) is 36.0 Å². The largest absolute Gasteiger partial charge is 0.481 e. The van der Waals surface area contributed by atoms with Crippen molar-refractivity contribution in [1.29, 1.82) is 0 Å². The van der Waals surface area contributed by atoms with E-state index >= 15 is 0 Å². The number of methoxy groups -OCH3 is 2. The van der Waals surface area contributed by atoms with Gasteiger partial charge in [-0.3, -0.25) is 5.10 Å². The Morgan fingerprint density at radius 1 is 0.976 bits per heavy atom. The zero-order valence-corrected chi connectivity index (χ0v) is 27.4. The maximum Gasteiger partial charge on any atom is 0.347 e. The Hall–Kier alpha value is -2.94. The number of H-pyrrole nitrogens is 1. The lowest BCUT2D eigenvalue weighted by Gasteiger charge is -2.20. The van der Waals surface area contributed by atoms with E-state index in [1.807, 2.05) is 0 Å². The third kappa shape index (κ3) is 9.54. The summed E-state index contributed by atoms with van der Waals surface area (Å²) in [5.74, 6) is 0.602. The Morgan fingerprint density at radius 2 is 1.64 bits per heavy atom. The van der Waals surface area contributed by atoms with Gasteiger partial charge in [0.2, 0.25) is 5.88 Å². The monoisotopic (exact) mass is 599 g/mol. The van der Waals surface area contributed by atoms with Crippen molar-refractivity contribution in [1.82, 2.24) is 14.6 Å². The first-order valence-corrected chi connectivity index (χ1v) is 16.9. The third-order valence-corrected chi connectivity index (χ3v) is 8.78. The quantitative estimate of drug-likeness (QED) is 0.0884. The Labute approximate surface area is 256 Å². The molecule has 3 heterocycles. The van der Waals surface area contributed by atoms with E-state index in [2.05, 4.69) is 60.4 Å². The van der Waals surface area contributed by atoms with E-state index in [0.29, 0.717) is 11.5 Å². The second-order valence-corrected chi connectivity index (χ2v) is 12.0. The summed E-state index contributed by atoms with van der Waals surface area (Å²) < 4.78 is 12.3. The summed E-state index contributed by atoms with van der Waals surface area (Å²) in [5, 5.41) is 9.00. The summed E-state index contributed by atoms with van der Waals surface area (Å²) in [6, 6.07) is 4.27. The number of allylic oxidation sites excluding steroid dienone is 1. The minimum absolute atomic E-state index is 0.289. The van der Waals surface area contributed by atoms with Crippen LogP contribution in [0.5, 0.6) is 5.88 Å². The molecule has 2 N–H and O–H groups in total. The number of hydrogen-bond donors (Lipinski definition) is 2. The lowest BCUT2D eigenvalue weighted by molar-refractivity contribution is 0.0599. The minimum atomic E-state index is -0.487. The van der Waals surface area contributed by atoms with Gasteiger partial charge in [0.05, 0.1) is 24.2 Å². The van der Waals surface area contributed by atoms with Crippen LogP contribution in [0.1, 0.15) is 127 Å². The van der Waals surface area contributed by atoms with Gasteiger partial charge in [-0.05, 0) is 44.4 Å². The first kappa shape index (κ1) is 33.6. The van der Waals surface area contributed by atoms with Gasteiger partial charge in [-0.2, -0.15) is 0 Å². The van der Waals surface area contributed by atoms with Crippen molar-refractivity contribution in [3.8, 4) is 5.88 Å². The number of fused-ring (bicyclic) bond motifs is 1. The molecule has 3 rings (SSSR count). The predicted molar refractivity (Wildman–Crippen MR) is 178 cm³/mol. The molecule has 0 saturated carbocycles. The van der Waals surface area contributed by atoms with Gasteiger partial charge in [-0.15, -0.1) is 11.3 Å². The molecule has 0 atom stereocenters. The molecule has 234 valence electrons. The molecule has 0 radical (unpaired) electrons. The molecule has 0 unspecified atom stereocenters. The predicted octanol–water partition coefficient (Wildman–Crippen LogP) is 9.60. The average Bonchev–Trinajstić information content (AvgIpc) is 3.70. The molecule has 3 aromatic heterocycles. The number of carbonyl (C=O) groups excluding carboxylic acids is 1. The molecule has 3 aromatic rings. The highest BCUT2D eigenvalue weighted by atomic mass is 32.1. The van der Waals surface area contributed by atoms with E-state index in [9.17, 15) is 4.79 Å². The van der Waals surface area contributed by atoms with Crippen LogP contribution in [0, 0.1) is 0 Å². The number of rotatable bonds is 22. The maximum atomic E-state index is 12.6. The SMILES string of the molecule is CCCCCCCCCCCCCC=Cc1nc2c(C(=O)OC)c(OC)[nH]n2c1Nc1ccc(N(CC)CCCC)s1. The van der Waals surface area contributed by atoms with Gasteiger partial charge in [0.1, 0.15) is 5.69 Å². The van der Waals surface area contributed by atoms with Gasteiger partial charge in [0.15, 0.2) is 17.0 Å². The van der Waals surface area contributed by atoms with Crippen LogP contribution in [0.3, 0.4) is 0 Å². The van der Waals surface area contributed by atoms with Crippen molar-refractivity contribution in [3.63, 3.8) is 0 Å². The molecular formula is C33H53N5O3S. The van der Waals surface area contributed by atoms with Crippen LogP contribution in [-0.4, -0.2) is 47.9 Å². The Kier molecular flexibility index (Phi) is 14.8.